The van der Waals surface area contributed by atoms with Crippen LogP contribution in [0.5, 0.6) is 0 Å². The molecule has 23 nitrogen and oxygen atoms in total. The molecule has 0 aromatic carbocycles. The average Bonchev–Trinajstić information content (AvgIpc) is 1.66. The van der Waals surface area contributed by atoms with Crippen LogP contribution in [0, 0.1) is 0 Å². The summed E-state index contributed by atoms with van der Waals surface area (Å²) in [5, 5.41) is 25.8. The van der Waals surface area contributed by atoms with Gasteiger partial charge in [0.2, 0.25) is 6.55 Å². The molecule has 0 amide bonds. The van der Waals surface area contributed by atoms with E-state index in [-0.39, 0.29) is 110 Å². The molecule has 5 aliphatic rings. The van der Waals surface area contributed by atoms with E-state index in [0.29, 0.717) is 32.0 Å². The number of rotatable bonds is 20. The highest BCUT2D eigenvalue weighted by atomic mass is 28.4. The fourth-order valence-electron chi connectivity index (χ4n) is 9.20. The highest BCUT2D eigenvalue weighted by molar-refractivity contribution is 6.70. The van der Waals surface area contributed by atoms with Crippen LogP contribution < -0.4 is 5.73 Å². The van der Waals surface area contributed by atoms with Crippen molar-refractivity contribution in [2.75, 3.05) is 19.8 Å². The number of aliphatic hydroxyl groups is 2. The van der Waals surface area contributed by atoms with Gasteiger partial charge in [-0.2, -0.15) is 0 Å². The fraction of sp³-hybridized carbons (Fsp3) is 0.868. The van der Waals surface area contributed by atoms with E-state index in [9.17, 15) is 24.0 Å². The summed E-state index contributed by atoms with van der Waals surface area (Å²) in [7, 11) is -2.97. The molecule has 29 heteroatoms. The monoisotopic (exact) mass is 1420 g/mol. The Balaban J connectivity index is 0. The summed E-state index contributed by atoms with van der Waals surface area (Å²) in [5.74, 6) is -1.31. The second-order valence-electron chi connectivity index (χ2n) is 33.9. The quantitative estimate of drug-likeness (QED) is 0.0381. The van der Waals surface area contributed by atoms with Crippen molar-refractivity contribution in [2.45, 2.75) is 363 Å². The zero-order chi connectivity index (χ0) is 76.3. The van der Waals surface area contributed by atoms with Crippen molar-refractivity contribution in [1.29, 1.82) is 0 Å². The van der Waals surface area contributed by atoms with Crippen molar-refractivity contribution in [3.63, 3.8) is 0 Å². The van der Waals surface area contributed by atoms with Gasteiger partial charge in [0.25, 0.3) is 0 Å². The van der Waals surface area contributed by atoms with Crippen LogP contribution in [-0.2, 0) is 89.1 Å². The van der Waals surface area contributed by atoms with Gasteiger partial charge in [-0.3, -0.25) is 24.0 Å². The first kappa shape index (κ1) is 96.1. The number of aliphatic hydroxyl groups excluding tert-OH is 2. The third-order valence-corrected chi connectivity index (χ3v) is 16.6. The SMILES string of the molecule is C=C[C@@H](CC(=O)OC(C)(C)C)O[Si](C)(C)C.C=C[C@H](O)CC(=O)OC(C)(C)C.CC(C)(C)OC(=O)C[C@@H]1CCB(O)O1.CC(C)(C)OC(=O)C[C@@H]1CC[B-]2(CCCO2)O1.CC(C)(C)OC(=O)C[C@H](CCB1OC(C)(C)C(C)(C)O1)O[Si](C)(C)C.CC1(C)O[B]OC1(C)C.NCCO. The maximum absolute atomic E-state index is 12.2. The summed E-state index contributed by atoms with van der Waals surface area (Å²) in [5.41, 5.74) is 1.46. The summed E-state index contributed by atoms with van der Waals surface area (Å²) >= 11 is 0. The van der Waals surface area contributed by atoms with Crippen LogP contribution in [0.25, 0.3) is 0 Å². The topological polar surface area (TPSA) is 301 Å². The third kappa shape index (κ3) is 47.8. The maximum Gasteiger partial charge on any atom is 0.488 e. The van der Waals surface area contributed by atoms with Crippen LogP contribution in [0.3, 0.4) is 0 Å². The molecule has 5 N–H and O–H groups in total. The van der Waals surface area contributed by atoms with Gasteiger partial charge in [0.05, 0.1) is 85.5 Å². The second-order valence-corrected chi connectivity index (χ2v) is 42.9. The molecule has 565 valence electrons. The summed E-state index contributed by atoms with van der Waals surface area (Å²) < 4.78 is 77.3. The molecular weight excluding hydrogens is 1280 g/mol. The molecule has 0 aromatic heterocycles. The Bertz CT molecular complexity index is 2310. The molecule has 97 heavy (non-hydrogen) atoms. The van der Waals surface area contributed by atoms with E-state index in [1.807, 2.05) is 138 Å². The lowest BCUT2D eigenvalue weighted by Crippen LogP contribution is -2.41. The van der Waals surface area contributed by atoms with Crippen LogP contribution in [0.15, 0.2) is 25.3 Å². The van der Waals surface area contributed by atoms with Gasteiger partial charge >= 0.3 is 51.8 Å². The van der Waals surface area contributed by atoms with Gasteiger partial charge < -0.3 is 86.1 Å². The molecule has 0 bridgehead atoms. The molecule has 5 saturated heterocycles. The predicted octanol–water partition coefficient (Wildman–Crippen LogP) is 12.2. The van der Waals surface area contributed by atoms with Crippen LogP contribution >= 0.6 is 0 Å². The fourth-order valence-corrected chi connectivity index (χ4v) is 11.5. The lowest BCUT2D eigenvalue weighted by atomic mass is 9.54. The molecule has 5 fully saturated rings. The van der Waals surface area contributed by atoms with E-state index in [1.54, 1.807) is 26.8 Å². The van der Waals surface area contributed by atoms with Gasteiger partial charge in [0.1, 0.15) is 28.0 Å². The first-order valence-corrected chi connectivity index (χ1v) is 41.4. The van der Waals surface area contributed by atoms with Gasteiger partial charge in [-0.15, -0.1) is 25.8 Å². The smallest absolute Gasteiger partial charge is 0.488 e. The van der Waals surface area contributed by atoms with E-state index in [1.165, 1.54) is 13.8 Å². The first-order valence-electron chi connectivity index (χ1n) is 34.6. The zero-order valence-corrected chi connectivity index (χ0v) is 67.8. The van der Waals surface area contributed by atoms with Crippen molar-refractivity contribution < 1.29 is 104 Å². The molecule has 0 aromatic rings. The van der Waals surface area contributed by atoms with E-state index in [0.717, 1.165) is 38.5 Å². The Hall–Kier alpha value is -3.00. The van der Waals surface area contributed by atoms with Gasteiger partial charge in [-0.25, -0.2) is 0 Å². The minimum Gasteiger partial charge on any atom is -0.568 e. The van der Waals surface area contributed by atoms with Gasteiger partial charge in [0, 0.05) is 12.6 Å². The molecule has 5 heterocycles. The number of carbonyl (C=O) groups excluding carboxylic acids is 5. The van der Waals surface area contributed by atoms with Crippen molar-refractivity contribution in [1.82, 2.24) is 0 Å². The van der Waals surface area contributed by atoms with Crippen molar-refractivity contribution in [2.24, 2.45) is 5.73 Å². The van der Waals surface area contributed by atoms with Gasteiger partial charge in [-0.1, -0.05) is 25.0 Å². The summed E-state index contributed by atoms with van der Waals surface area (Å²) in [6.45, 7) is 63.8. The van der Waals surface area contributed by atoms with E-state index in [2.05, 4.69) is 52.4 Å². The summed E-state index contributed by atoms with van der Waals surface area (Å²) in [4.78, 5) is 57.8. The van der Waals surface area contributed by atoms with Crippen molar-refractivity contribution >= 4 is 75.0 Å². The molecule has 5 rings (SSSR count). The van der Waals surface area contributed by atoms with Crippen molar-refractivity contribution in [3.05, 3.63) is 25.3 Å². The van der Waals surface area contributed by atoms with E-state index >= 15 is 0 Å². The first-order chi connectivity index (χ1) is 43.5. The Kier molecular flexibility index (Phi) is 40.9. The molecule has 5 aliphatic heterocycles. The standard InChI is InChI=1S/C18H37BO5Si.C12H22BO4.C12H24O3Si.C9H17BO4.C9H16O3.C6H12BO2.C2H7NO/c1-16(2,3)21-15(20)13-14(22-25(8,9)10)11-12-19-23-17(4,5)18(6,7)24-19;1-12(2,3)16-11(14)9-10-5-7-13(17-10)6-4-8-15-13;1-8-10(15-16(5,6)7)9-11(13)14-12(2,3)4;1-9(2,3)13-8(11)6-7-4-5-10(12)14-7;1-5-7(10)6-8(11)12-9(2,3)4;1-5(2)6(3,4)9-7-8-5;3-1-2-4/h14H,11-13H2,1-10H3;10H,4-9H2,1-3H3;8,10H,1,9H2,2-7H3;7,12H,4-6H2,1-3H3;5,7,10H,1,6H2,2-4H3;1-4H3;4H,1-3H2/q;-1;;;;;/t14-;10-,13?;10-;2*7-;;/m00000../s1. The largest absolute Gasteiger partial charge is 0.568 e. The number of hydrogen-bond acceptors (Lipinski definition) is 23. The number of nitrogens with two attached hydrogens (primary N) is 1. The van der Waals surface area contributed by atoms with E-state index in [4.69, 9.17) is 86.1 Å². The van der Waals surface area contributed by atoms with E-state index < -0.39 is 70.4 Å². The molecule has 1 unspecified atom stereocenters. The number of hydrogen-bond donors (Lipinski definition) is 4. The minimum absolute atomic E-state index is 0.0112. The average molecular weight is 1420 g/mol. The lowest BCUT2D eigenvalue weighted by Gasteiger charge is -2.32. The van der Waals surface area contributed by atoms with Crippen LogP contribution in [0.4, 0.5) is 0 Å². The van der Waals surface area contributed by atoms with Gasteiger partial charge in [-0.05, 0) is 231 Å². The number of ether oxygens (including phenoxy) is 5. The molecule has 1 spiro atoms. The minimum atomic E-state index is -1.77. The molecule has 1 radical (unpaired) electrons. The molecule has 0 saturated carbocycles. The normalized spacial score (nSPS) is 21.7. The zero-order valence-electron chi connectivity index (χ0n) is 65.8. The summed E-state index contributed by atoms with van der Waals surface area (Å²) in [6.07, 6.45) is 9.36. The molecule has 6 atom stereocenters. The Morgan fingerprint density at radius 3 is 1.34 bits per heavy atom. The maximum atomic E-state index is 12.2. The van der Waals surface area contributed by atoms with Crippen LogP contribution in [-0.4, -0.2) is 191 Å². The highest BCUT2D eigenvalue weighted by Gasteiger charge is 2.51. The number of esters is 5. The van der Waals surface area contributed by atoms with Crippen molar-refractivity contribution in [3.8, 4) is 0 Å². The van der Waals surface area contributed by atoms with Gasteiger partial charge in [0.15, 0.2) is 16.6 Å². The highest BCUT2D eigenvalue weighted by Crippen LogP contribution is 2.40. The number of carbonyl (C=O) groups is 5. The van der Waals surface area contributed by atoms with Crippen LogP contribution in [0.2, 0.25) is 64.6 Å². The Morgan fingerprint density at radius 2 is 1.01 bits per heavy atom. The van der Waals surface area contributed by atoms with Crippen LogP contribution in [0.1, 0.15) is 217 Å². The second kappa shape index (κ2) is 41.3. The Labute approximate surface area is 590 Å². The third-order valence-electron chi connectivity index (χ3n) is 14.5. The molecular formula is C68H135B4NO22Si2-. The molecule has 0 aliphatic carbocycles. The predicted molar refractivity (Wildman–Crippen MR) is 391 cm³/mol. The summed E-state index contributed by atoms with van der Waals surface area (Å²) in [6, 6.07) is 0. The lowest BCUT2D eigenvalue weighted by molar-refractivity contribution is -0.158. The Morgan fingerprint density at radius 1 is 0.608 bits per heavy atom.